The number of halogens is 1. The molecule has 2 aromatic carbocycles. The highest BCUT2D eigenvalue weighted by atomic mass is 19.1. The predicted octanol–water partition coefficient (Wildman–Crippen LogP) is 4.49. The molecule has 1 aliphatic carbocycles. The summed E-state index contributed by atoms with van der Waals surface area (Å²) in [5.41, 5.74) is 1.80. The second-order valence-corrected chi connectivity index (χ2v) is 7.01. The molecule has 0 radical (unpaired) electrons. The average Bonchev–Trinajstić information content (AvgIpc) is 3.21. The monoisotopic (exact) mass is 380 g/mol. The van der Waals surface area contributed by atoms with Gasteiger partial charge in [0.25, 0.3) is 0 Å². The van der Waals surface area contributed by atoms with E-state index in [1.165, 1.54) is 29.9 Å². The molecule has 0 heterocycles. The Morgan fingerprint density at radius 1 is 1.11 bits per heavy atom. The van der Waals surface area contributed by atoms with Gasteiger partial charge in [0.1, 0.15) is 11.6 Å². The van der Waals surface area contributed by atoms with Crippen molar-refractivity contribution in [1.82, 2.24) is 10.2 Å². The van der Waals surface area contributed by atoms with Crippen molar-refractivity contribution < 1.29 is 13.9 Å². The van der Waals surface area contributed by atoms with E-state index in [1.807, 2.05) is 24.3 Å². The number of ether oxygens (including phenoxy) is 1. The summed E-state index contributed by atoms with van der Waals surface area (Å²) in [6.07, 6.45) is 10.4. The maximum Gasteiger partial charge on any atom is 0.318 e. The molecule has 1 aliphatic rings. The van der Waals surface area contributed by atoms with Gasteiger partial charge in [-0.25, -0.2) is 9.18 Å². The zero-order valence-corrected chi connectivity index (χ0v) is 15.9. The van der Waals surface area contributed by atoms with Crippen LogP contribution in [0.25, 0.3) is 0 Å². The molecule has 0 saturated heterocycles. The van der Waals surface area contributed by atoms with Crippen LogP contribution in [0.1, 0.15) is 36.8 Å². The van der Waals surface area contributed by atoms with E-state index >= 15 is 0 Å². The van der Waals surface area contributed by atoms with Crippen molar-refractivity contribution in [3.05, 3.63) is 65.5 Å². The van der Waals surface area contributed by atoms with E-state index in [0.29, 0.717) is 19.2 Å². The maximum absolute atomic E-state index is 13.0. The number of rotatable bonds is 7. The Balaban J connectivity index is 1.51. The number of nitrogens with zero attached hydrogens (tertiary/aromatic N) is 1. The first-order chi connectivity index (χ1) is 13.6. The number of hydrogen-bond acceptors (Lipinski definition) is 2. The maximum atomic E-state index is 13.0. The zero-order chi connectivity index (χ0) is 19.8. The highest BCUT2D eigenvalue weighted by molar-refractivity contribution is 5.74. The number of hydrogen-bond donors (Lipinski definition) is 1. The summed E-state index contributed by atoms with van der Waals surface area (Å²) in [7, 11) is 0. The fraction of sp³-hybridized carbons (Fsp3) is 0.348. The number of benzene rings is 2. The fourth-order valence-corrected chi connectivity index (χ4v) is 3.29. The molecule has 2 amide bonds. The van der Waals surface area contributed by atoms with E-state index < -0.39 is 0 Å². The van der Waals surface area contributed by atoms with E-state index in [1.54, 1.807) is 12.1 Å². The van der Waals surface area contributed by atoms with Gasteiger partial charge in [-0.05, 0) is 61.1 Å². The summed E-state index contributed by atoms with van der Waals surface area (Å²) in [6, 6.07) is 13.6. The smallest absolute Gasteiger partial charge is 0.318 e. The molecular formula is C23H25FN2O2. The van der Waals surface area contributed by atoms with Crippen molar-refractivity contribution in [3.63, 3.8) is 0 Å². The minimum atomic E-state index is -0.308. The molecule has 1 fully saturated rings. The number of amides is 2. The molecule has 5 heteroatoms. The molecular weight excluding hydrogens is 355 g/mol. The van der Waals surface area contributed by atoms with Crippen LogP contribution in [0.15, 0.2) is 48.5 Å². The van der Waals surface area contributed by atoms with E-state index in [0.717, 1.165) is 29.7 Å². The van der Waals surface area contributed by atoms with Crippen molar-refractivity contribution in [2.45, 2.75) is 44.9 Å². The van der Waals surface area contributed by atoms with Crippen molar-refractivity contribution >= 4 is 6.03 Å². The molecule has 0 unspecified atom stereocenters. The Morgan fingerprint density at radius 3 is 2.39 bits per heavy atom. The van der Waals surface area contributed by atoms with Gasteiger partial charge in [0.15, 0.2) is 0 Å². The molecule has 4 nitrogen and oxygen atoms in total. The third-order valence-corrected chi connectivity index (χ3v) is 4.83. The summed E-state index contributed by atoms with van der Waals surface area (Å²) in [5, 5.41) is 2.88. The molecule has 146 valence electrons. The molecule has 28 heavy (non-hydrogen) atoms. The number of terminal acetylenes is 1. The summed E-state index contributed by atoms with van der Waals surface area (Å²) in [5.74, 6) is 3.05. The van der Waals surface area contributed by atoms with Gasteiger partial charge in [-0.3, -0.25) is 0 Å². The molecule has 0 aromatic heterocycles. The Kier molecular flexibility index (Phi) is 6.91. The van der Waals surface area contributed by atoms with E-state index in [2.05, 4.69) is 11.2 Å². The van der Waals surface area contributed by atoms with Crippen LogP contribution in [0.2, 0.25) is 0 Å². The van der Waals surface area contributed by atoms with Crippen molar-refractivity contribution in [3.8, 4) is 18.1 Å². The topological polar surface area (TPSA) is 41.6 Å². The minimum Gasteiger partial charge on any atom is -0.490 e. The fourth-order valence-electron chi connectivity index (χ4n) is 3.29. The molecule has 0 atom stereocenters. The Morgan fingerprint density at radius 2 is 1.75 bits per heavy atom. The SMILES string of the molecule is C#CCN(Cc1ccc(F)cc1)C(=O)NCc1ccc(OC2CCCC2)cc1. The van der Waals surface area contributed by atoms with Crippen LogP contribution in [0, 0.1) is 18.2 Å². The lowest BCUT2D eigenvalue weighted by atomic mass is 10.2. The average molecular weight is 380 g/mol. The van der Waals surface area contributed by atoms with Gasteiger partial charge < -0.3 is 15.0 Å². The minimum absolute atomic E-state index is 0.178. The van der Waals surface area contributed by atoms with Crippen molar-refractivity contribution in [2.24, 2.45) is 0 Å². The molecule has 0 spiro atoms. The van der Waals surface area contributed by atoms with Gasteiger partial charge in [0.05, 0.1) is 12.6 Å². The van der Waals surface area contributed by atoms with Crippen molar-refractivity contribution in [2.75, 3.05) is 6.54 Å². The third-order valence-electron chi connectivity index (χ3n) is 4.83. The standard InChI is InChI=1S/C23H25FN2O2/c1-2-15-26(17-19-7-11-20(24)12-8-19)23(27)25-16-18-9-13-22(14-10-18)28-21-5-3-4-6-21/h1,7-14,21H,3-6,15-17H2,(H,25,27). The number of nitrogens with one attached hydrogen (secondary N) is 1. The molecule has 2 aromatic rings. The molecule has 0 aliphatic heterocycles. The lowest BCUT2D eigenvalue weighted by Gasteiger charge is -2.21. The number of urea groups is 1. The second-order valence-electron chi connectivity index (χ2n) is 7.01. The highest BCUT2D eigenvalue weighted by Crippen LogP contribution is 2.24. The Bertz CT molecular complexity index is 806. The highest BCUT2D eigenvalue weighted by Gasteiger charge is 2.16. The van der Waals surface area contributed by atoms with Gasteiger partial charge in [0, 0.05) is 13.1 Å². The van der Waals surface area contributed by atoms with Gasteiger partial charge in [0.2, 0.25) is 0 Å². The first kappa shape index (κ1) is 19.8. The molecule has 3 rings (SSSR count). The van der Waals surface area contributed by atoms with Crippen LogP contribution in [0.3, 0.4) is 0 Å². The van der Waals surface area contributed by atoms with Gasteiger partial charge in [-0.15, -0.1) is 6.42 Å². The largest absolute Gasteiger partial charge is 0.490 e. The first-order valence-electron chi connectivity index (χ1n) is 9.60. The van der Waals surface area contributed by atoms with Crippen LogP contribution in [-0.2, 0) is 13.1 Å². The van der Waals surface area contributed by atoms with E-state index in [-0.39, 0.29) is 18.4 Å². The van der Waals surface area contributed by atoms with E-state index in [4.69, 9.17) is 11.2 Å². The molecule has 0 bridgehead atoms. The number of carbonyl (C=O) groups is 1. The van der Waals surface area contributed by atoms with Crippen LogP contribution in [0.4, 0.5) is 9.18 Å². The quantitative estimate of drug-likeness (QED) is 0.719. The predicted molar refractivity (Wildman–Crippen MR) is 107 cm³/mol. The lowest BCUT2D eigenvalue weighted by molar-refractivity contribution is 0.201. The lowest BCUT2D eigenvalue weighted by Crippen LogP contribution is -2.39. The van der Waals surface area contributed by atoms with Crippen LogP contribution >= 0.6 is 0 Å². The van der Waals surface area contributed by atoms with Crippen LogP contribution in [0.5, 0.6) is 5.75 Å². The van der Waals surface area contributed by atoms with Gasteiger partial charge >= 0.3 is 6.03 Å². The Labute approximate surface area is 165 Å². The summed E-state index contributed by atoms with van der Waals surface area (Å²) in [4.78, 5) is 14.0. The van der Waals surface area contributed by atoms with Gasteiger partial charge in [-0.2, -0.15) is 0 Å². The molecule has 1 saturated carbocycles. The van der Waals surface area contributed by atoms with Gasteiger partial charge in [-0.1, -0.05) is 30.2 Å². The third kappa shape index (κ3) is 5.75. The normalized spacial score (nSPS) is 13.7. The Hall–Kier alpha value is -3.00. The first-order valence-corrected chi connectivity index (χ1v) is 9.60. The van der Waals surface area contributed by atoms with E-state index in [9.17, 15) is 9.18 Å². The summed E-state index contributed by atoms with van der Waals surface area (Å²) < 4.78 is 19.0. The van der Waals surface area contributed by atoms with Crippen molar-refractivity contribution in [1.29, 1.82) is 0 Å². The number of carbonyl (C=O) groups excluding carboxylic acids is 1. The van der Waals surface area contributed by atoms with Crippen LogP contribution < -0.4 is 10.1 Å². The van der Waals surface area contributed by atoms with Crippen LogP contribution in [-0.4, -0.2) is 23.6 Å². The second kappa shape index (κ2) is 9.80. The summed E-state index contributed by atoms with van der Waals surface area (Å²) in [6.45, 7) is 0.898. The zero-order valence-electron chi connectivity index (χ0n) is 15.9. The molecule has 1 N–H and O–H groups in total. The summed E-state index contributed by atoms with van der Waals surface area (Å²) >= 11 is 0.